The topological polar surface area (TPSA) is 15.6 Å². The molecule has 0 saturated carbocycles. The second-order valence-corrected chi connectivity index (χ2v) is 6.03. The van der Waals surface area contributed by atoms with Crippen molar-refractivity contribution in [1.82, 2.24) is 4.90 Å². The van der Waals surface area contributed by atoms with Gasteiger partial charge in [-0.15, -0.1) is 0 Å². The lowest BCUT2D eigenvalue weighted by molar-refractivity contribution is 0.391. The molecule has 1 rings (SSSR count). The van der Waals surface area contributed by atoms with Crippen LogP contribution in [0.25, 0.3) is 0 Å². The molecular weight excluding hydrogens is 208 g/mol. The Bertz CT molecular complexity index is 243. The van der Waals surface area contributed by atoms with Gasteiger partial charge in [-0.2, -0.15) is 0 Å². The second-order valence-electron chi connectivity index (χ2n) is 6.03. The van der Waals surface area contributed by atoms with Crippen molar-refractivity contribution >= 4 is 5.84 Å². The summed E-state index contributed by atoms with van der Waals surface area (Å²) in [6.07, 6.45) is 9.59. The Labute approximate surface area is 107 Å². The van der Waals surface area contributed by atoms with Gasteiger partial charge in [0, 0.05) is 19.0 Å². The number of hydrogen-bond donors (Lipinski definition) is 0. The van der Waals surface area contributed by atoms with Gasteiger partial charge in [-0.3, -0.25) is 4.99 Å². The molecule has 0 amide bonds. The first-order valence-electron chi connectivity index (χ1n) is 7.34. The minimum Gasteiger partial charge on any atom is -0.361 e. The van der Waals surface area contributed by atoms with Crippen LogP contribution >= 0.6 is 0 Å². The third kappa shape index (κ3) is 4.69. The van der Waals surface area contributed by atoms with Crippen molar-refractivity contribution in [1.29, 1.82) is 0 Å². The van der Waals surface area contributed by atoms with Crippen molar-refractivity contribution in [3.63, 3.8) is 0 Å². The third-order valence-corrected chi connectivity index (χ3v) is 3.82. The summed E-state index contributed by atoms with van der Waals surface area (Å²) in [6, 6.07) is 0. The van der Waals surface area contributed by atoms with Gasteiger partial charge < -0.3 is 4.90 Å². The predicted octanol–water partition coefficient (Wildman–Crippen LogP) is 4.11. The summed E-state index contributed by atoms with van der Waals surface area (Å²) in [6.45, 7) is 9.07. The molecule has 0 bridgehead atoms. The van der Waals surface area contributed by atoms with Crippen LogP contribution in [0.4, 0.5) is 0 Å². The molecule has 1 aliphatic rings. The van der Waals surface area contributed by atoms with E-state index in [9.17, 15) is 0 Å². The Morgan fingerprint density at radius 3 is 2.35 bits per heavy atom. The first kappa shape index (κ1) is 14.5. The maximum Gasteiger partial charge on any atom is 0.104 e. The maximum absolute atomic E-state index is 4.66. The number of nitrogens with zero attached hydrogens (tertiary/aromatic N) is 2. The molecule has 0 spiro atoms. The summed E-state index contributed by atoms with van der Waals surface area (Å²) in [5, 5.41) is 0. The van der Waals surface area contributed by atoms with Crippen molar-refractivity contribution in [2.45, 2.75) is 65.7 Å². The van der Waals surface area contributed by atoms with E-state index in [-0.39, 0.29) is 5.41 Å². The van der Waals surface area contributed by atoms with E-state index < -0.39 is 0 Å². The monoisotopic (exact) mass is 238 g/mol. The fourth-order valence-electron chi connectivity index (χ4n) is 2.72. The van der Waals surface area contributed by atoms with Gasteiger partial charge in [0.15, 0.2) is 0 Å². The summed E-state index contributed by atoms with van der Waals surface area (Å²) >= 11 is 0. The van der Waals surface area contributed by atoms with Crippen LogP contribution in [0.1, 0.15) is 65.7 Å². The second kappa shape index (κ2) is 7.03. The van der Waals surface area contributed by atoms with Crippen molar-refractivity contribution < 1.29 is 0 Å². The largest absolute Gasteiger partial charge is 0.361 e. The number of likely N-dealkylation sites (N-methyl/N-ethyl adjacent to an activating group) is 1. The molecule has 17 heavy (non-hydrogen) atoms. The van der Waals surface area contributed by atoms with Crippen LogP contribution in [0, 0.1) is 5.41 Å². The standard InChI is InChI=1S/C15H30N2/c1-5-6-7-8-9-10-11-15(2,3)14-16-12-13-17(14)4/h5-13H2,1-4H3. The van der Waals surface area contributed by atoms with E-state index in [1.54, 1.807) is 0 Å². The zero-order valence-corrected chi connectivity index (χ0v) is 12.3. The highest BCUT2D eigenvalue weighted by molar-refractivity contribution is 5.88. The van der Waals surface area contributed by atoms with E-state index in [0.29, 0.717) is 0 Å². The zero-order valence-electron chi connectivity index (χ0n) is 12.3. The zero-order chi connectivity index (χ0) is 12.7. The van der Waals surface area contributed by atoms with Crippen molar-refractivity contribution in [3.05, 3.63) is 0 Å². The Kier molecular flexibility index (Phi) is 6.01. The highest BCUT2D eigenvalue weighted by Gasteiger charge is 2.29. The molecule has 0 aromatic heterocycles. The summed E-state index contributed by atoms with van der Waals surface area (Å²) in [5.41, 5.74) is 0.274. The molecule has 1 aliphatic heterocycles. The fourth-order valence-corrected chi connectivity index (χ4v) is 2.72. The summed E-state index contributed by atoms with van der Waals surface area (Å²) in [7, 11) is 2.18. The van der Waals surface area contributed by atoms with E-state index >= 15 is 0 Å². The molecule has 0 aliphatic carbocycles. The summed E-state index contributed by atoms with van der Waals surface area (Å²) < 4.78 is 0. The third-order valence-electron chi connectivity index (χ3n) is 3.82. The molecule has 0 radical (unpaired) electrons. The lowest BCUT2D eigenvalue weighted by atomic mass is 9.85. The van der Waals surface area contributed by atoms with Crippen molar-refractivity contribution in [2.75, 3.05) is 20.1 Å². The lowest BCUT2D eigenvalue weighted by Crippen LogP contribution is -2.35. The van der Waals surface area contributed by atoms with E-state index in [1.807, 2.05) is 0 Å². The molecular formula is C15H30N2. The highest BCUT2D eigenvalue weighted by Crippen LogP contribution is 2.29. The van der Waals surface area contributed by atoms with Gasteiger partial charge in [0.2, 0.25) is 0 Å². The number of unbranched alkanes of at least 4 members (excludes halogenated alkanes) is 5. The first-order chi connectivity index (χ1) is 8.08. The first-order valence-corrected chi connectivity index (χ1v) is 7.34. The van der Waals surface area contributed by atoms with Gasteiger partial charge in [-0.05, 0) is 6.42 Å². The Balaban J connectivity index is 2.21. The van der Waals surface area contributed by atoms with Gasteiger partial charge in [0.25, 0.3) is 0 Å². The number of amidine groups is 1. The SMILES string of the molecule is CCCCCCCCC(C)(C)C1=NCCN1C. The van der Waals surface area contributed by atoms with Crippen LogP contribution in [0.15, 0.2) is 4.99 Å². The van der Waals surface area contributed by atoms with Crippen LogP contribution in [0.3, 0.4) is 0 Å². The van der Waals surface area contributed by atoms with Gasteiger partial charge in [-0.1, -0.05) is 59.3 Å². The number of hydrogen-bond acceptors (Lipinski definition) is 2. The molecule has 100 valence electrons. The molecule has 0 N–H and O–H groups in total. The predicted molar refractivity (Wildman–Crippen MR) is 76.7 cm³/mol. The van der Waals surface area contributed by atoms with Crippen molar-refractivity contribution in [2.24, 2.45) is 10.4 Å². The molecule has 0 aromatic carbocycles. The highest BCUT2D eigenvalue weighted by atomic mass is 15.2. The normalized spacial score (nSPS) is 16.5. The lowest BCUT2D eigenvalue weighted by Gasteiger charge is -2.30. The van der Waals surface area contributed by atoms with Gasteiger partial charge in [0.05, 0.1) is 6.54 Å². The van der Waals surface area contributed by atoms with Crippen LogP contribution in [0.2, 0.25) is 0 Å². The fraction of sp³-hybridized carbons (Fsp3) is 0.933. The average molecular weight is 238 g/mol. The molecule has 0 aromatic rings. The summed E-state index contributed by atoms with van der Waals surface area (Å²) in [4.78, 5) is 6.99. The van der Waals surface area contributed by atoms with Crippen LogP contribution in [-0.4, -0.2) is 30.9 Å². The smallest absolute Gasteiger partial charge is 0.104 e. The Hall–Kier alpha value is -0.530. The minimum absolute atomic E-state index is 0.274. The molecule has 0 saturated heterocycles. The van der Waals surface area contributed by atoms with E-state index in [2.05, 4.69) is 37.7 Å². The minimum atomic E-state index is 0.274. The number of rotatable bonds is 8. The van der Waals surface area contributed by atoms with Crippen LogP contribution in [0.5, 0.6) is 0 Å². The molecule has 1 heterocycles. The van der Waals surface area contributed by atoms with Gasteiger partial charge >= 0.3 is 0 Å². The average Bonchev–Trinajstić information content (AvgIpc) is 2.70. The Morgan fingerprint density at radius 1 is 1.12 bits per heavy atom. The van der Waals surface area contributed by atoms with Crippen molar-refractivity contribution in [3.8, 4) is 0 Å². The van der Waals surface area contributed by atoms with Crippen LogP contribution < -0.4 is 0 Å². The van der Waals surface area contributed by atoms with E-state index in [4.69, 9.17) is 0 Å². The molecule has 0 fully saturated rings. The quantitative estimate of drug-likeness (QED) is 0.581. The van der Waals surface area contributed by atoms with E-state index in [1.165, 1.54) is 50.8 Å². The molecule has 2 heteroatoms. The molecule has 2 nitrogen and oxygen atoms in total. The molecule has 0 unspecified atom stereocenters. The Morgan fingerprint density at radius 2 is 1.76 bits per heavy atom. The molecule has 0 atom stereocenters. The van der Waals surface area contributed by atoms with Crippen LogP contribution in [-0.2, 0) is 0 Å². The maximum atomic E-state index is 4.66. The van der Waals surface area contributed by atoms with Gasteiger partial charge in [-0.25, -0.2) is 0 Å². The van der Waals surface area contributed by atoms with Gasteiger partial charge in [0.1, 0.15) is 5.84 Å². The van der Waals surface area contributed by atoms with E-state index in [0.717, 1.165) is 13.1 Å². The summed E-state index contributed by atoms with van der Waals surface area (Å²) in [5.74, 6) is 1.33. The number of aliphatic imine (C=N–C) groups is 1.